The van der Waals surface area contributed by atoms with Crippen LogP contribution in [0.2, 0.25) is 0 Å². The highest BCUT2D eigenvalue weighted by atomic mass is 16.4. The number of nitrogens with two attached hydrogens (primary N) is 1. The second kappa shape index (κ2) is 4.92. The number of carboxylic acids is 1. The van der Waals surface area contributed by atoms with E-state index in [9.17, 15) is 14.4 Å². The fraction of sp³-hybridized carbons (Fsp3) is 0.100. The number of carbonyl (C=O) groups excluding carboxylic acids is 2. The molecule has 16 heavy (non-hydrogen) atoms. The van der Waals surface area contributed by atoms with Gasteiger partial charge in [0.15, 0.2) is 0 Å². The van der Waals surface area contributed by atoms with Gasteiger partial charge in [-0.1, -0.05) is 0 Å². The third kappa shape index (κ3) is 3.09. The van der Waals surface area contributed by atoms with Crippen molar-refractivity contribution in [3.63, 3.8) is 0 Å². The third-order valence-electron chi connectivity index (χ3n) is 1.83. The topological polar surface area (TPSA) is 109 Å². The van der Waals surface area contributed by atoms with Crippen molar-refractivity contribution in [3.8, 4) is 0 Å². The largest absolute Gasteiger partial charge is 0.480 e. The number of primary amides is 1. The maximum absolute atomic E-state index is 11.3. The molecule has 2 amide bonds. The predicted molar refractivity (Wildman–Crippen MR) is 54.9 cm³/mol. The van der Waals surface area contributed by atoms with Crippen molar-refractivity contribution in [2.75, 3.05) is 6.54 Å². The van der Waals surface area contributed by atoms with Crippen molar-refractivity contribution in [3.05, 3.63) is 35.4 Å². The molecule has 0 radical (unpaired) electrons. The number of hydrogen-bond acceptors (Lipinski definition) is 3. The maximum Gasteiger partial charge on any atom is 0.322 e. The van der Waals surface area contributed by atoms with Crippen molar-refractivity contribution < 1.29 is 19.5 Å². The summed E-state index contributed by atoms with van der Waals surface area (Å²) >= 11 is 0. The van der Waals surface area contributed by atoms with Gasteiger partial charge in [0.05, 0.1) is 0 Å². The lowest BCUT2D eigenvalue weighted by molar-refractivity contribution is -0.135. The Morgan fingerprint density at radius 2 is 1.62 bits per heavy atom. The quantitative estimate of drug-likeness (QED) is 0.643. The Morgan fingerprint density at radius 3 is 2.06 bits per heavy atom. The van der Waals surface area contributed by atoms with E-state index >= 15 is 0 Å². The van der Waals surface area contributed by atoms with E-state index in [4.69, 9.17) is 10.8 Å². The van der Waals surface area contributed by atoms with E-state index in [1.807, 2.05) is 0 Å². The molecule has 0 fully saturated rings. The van der Waals surface area contributed by atoms with Gasteiger partial charge in [0, 0.05) is 11.1 Å². The van der Waals surface area contributed by atoms with E-state index in [0.717, 1.165) is 0 Å². The Morgan fingerprint density at radius 1 is 1.12 bits per heavy atom. The standard InChI is InChI=1S/C10H10N2O4/c11-9(15)6-1-3-7(4-2-6)10(16)12-5-8(13)14/h1-4H,5H2,(H2,11,15)(H,12,16)(H,13,14). The van der Waals surface area contributed by atoms with Gasteiger partial charge < -0.3 is 16.2 Å². The predicted octanol–water partition coefficient (Wildman–Crippen LogP) is -0.400. The van der Waals surface area contributed by atoms with Gasteiger partial charge in [0.1, 0.15) is 6.54 Å². The molecule has 0 unspecified atom stereocenters. The zero-order chi connectivity index (χ0) is 12.1. The van der Waals surface area contributed by atoms with E-state index in [0.29, 0.717) is 0 Å². The first-order valence-electron chi connectivity index (χ1n) is 4.40. The van der Waals surface area contributed by atoms with Gasteiger partial charge in [-0.25, -0.2) is 0 Å². The maximum atomic E-state index is 11.3. The number of nitrogens with one attached hydrogen (secondary N) is 1. The summed E-state index contributed by atoms with van der Waals surface area (Å²) in [5.74, 6) is -2.22. The number of aliphatic carboxylic acids is 1. The molecule has 6 nitrogen and oxygen atoms in total. The lowest BCUT2D eigenvalue weighted by atomic mass is 10.1. The van der Waals surface area contributed by atoms with Crippen molar-refractivity contribution >= 4 is 17.8 Å². The molecular formula is C10H10N2O4. The van der Waals surface area contributed by atoms with Crippen LogP contribution in [0.5, 0.6) is 0 Å². The lowest BCUT2D eigenvalue weighted by Crippen LogP contribution is -2.29. The van der Waals surface area contributed by atoms with E-state index < -0.39 is 24.3 Å². The van der Waals surface area contributed by atoms with E-state index in [-0.39, 0.29) is 11.1 Å². The molecule has 4 N–H and O–H groups in total. The monoisotopic (exact) mass is 222 g/mol. The van der Waals surface area contributed by atoms with Crippen molar-refractivity contribution in [2.45, 2.75) is 0 Å². The van der Waals surface area contributed by atoms with Crippen LogP contribution in [-0.2, 0) is 4.79 Å². The number of carbonyl (C=O) groups is 3. The summed E-state index contributed by atoms with van der Waals surface area (Å²) in [7, 11) is 0. The molecule has 84 valence electrons. The summed E-state index contributed by atoms with van der Waals surface area (Å²) in [5.41, 5.74) is 5.58. The Labute approximate surface area is 91.1 Å². The molecule has 0 spiro atoms. The SMILES string of the molecule is NC(=O)c1ccc(C(=O)NCC(=O)O)cc1. The molecule has 1 rings (SSSR count). The second-order valence-corrected chi connectivity index (χ2v) is 3.02. The Bertz CT molecular complexity index is 425. The molecule has 0 bridgehead atoms. The highest BCUT2D eigenvalue weighted by Gasteiger charge is 2.07. The first-order valence-corrected chi connectivity index (χ1v) is 4.40. The van der Waals surface area contributed by atoms with Crippen LogP contribution in [0, 0.1) is 0 Å². The fourth-order valence-corrected chi connectivity index (χ4v) is 1.04. The summed E-state index contributed by atoms with van der Waals surface area (Å²) in [6, 6.07) is 5.60. The smallest absolute Gasteiger partial charge is 0.322 e. The van der Waals surface area contributed by atoms with Gasteiger partial charge in [-0.3, -0.25) is 14.4 Å². The van der Waals surface area contributed by atoms with Gasteiger partial charge in [0.25, 0.3) is 5.91 Å². The normalized spacial score (nSPS) is 9.50. The van der Waals surface area contributed by atoms with Gasteiger partial charge in [0.2, 0.25) is 5.91 Å². The van der Waals surface area contributed by atoms with Crippen LogP contribution in [0.4, 0.5) is 0 Å². The van der Waals surface area contributed by atoms with Crippen LogP contribution >= 0.6 is 0 Å². The summed E-state index contributed by atoms with van der Waals surface area (Å²) in [5, 5.41) is 10.5. The van der Waals surface area contributed by atoms with Crippen molar-refractivity contribution in [1.82, 2.24) is 5.32 Å². The molecule has 0 aliphatic carbocycles. The number of rotatable bonds is 4. The number of hydrogen-bond donors (Lipinski definition) is 3. The van der Waals surface area contributed by atoms with Gasteiger partial charge in [-0.2, -0.15) is 0 Å². The Balaban J connectivity index is 2.70. The van der Waals surface area contributed by atoms with E-state index in [2.05, 4.69) is 5.32 Å². The molecule has 0 heterocycles. The van der Waals surface area contributed by atoms with Gasteiger partial charge in [-0.15, -0.1) is 0 Å². The molecule has 1 aromatic carbocycles. The minimum atomic E-state index is -1.12. The molecule has 0 saturated carbocycles. The first kappa shape index (κ1) is 11.7. The highest BCUT2D eigenvalue weighted by Crippen LogP contribution is 2.03. The van der Waals surface area contributed by atoms with Gasteiger partial charge in [-0.05, 0) is 24.3 Å². The number of amides is 2. The van der Waals surface area contributed by atoms with Crippen LogP contribution in [0.1, 0.15) is 20.7 Å². The number of benzene rings is 1. The Kier molecular flexibility index (Phi) is 3.60. The minimum absolute atomic E-state index is 0.270. The zero-order valence-electron chi connectivity index (χ0n) is 8.27. The van der Waals surface area contributed by atoms with Crippen LogP contribution < -0.4 is 11.1 Å². The van der Waals surface area contributed by atoms with Gasteiger partial charge >= 0.3 is 5.97 Å². The first-order chi connectivity index (χ1) is 7.50. The zero-order valence-corrected chi connectivity index (χ0v) is 8.27. The summed E-state index contributed by atoms with van der Waals surface area (Å²) in [6.07, 6.45) is 0. The summed E-state index contributed by atoms with van der Waals surface area (Å²) in [6.45, 7) is -0.448. The molecule has 1 aromatic rings. The molecule has 0 saturated heterocycles. The molecule has 6 heteroatoms. The van der Waals surface area contributed by atoms with E-state index in [1.54, 1.807) is 0 Å². The average molecular weight is 222 g/mol. The summed E-state index contributed by atoms with van der Waals surface area (Å²) < 4.78 is 0. The Hall–Kier alpha value is -2.37. The molecule has 0 aliphatic heterocycles. The summed E-state index contributed by atoms with van der Waals surface area (Å²) in [4.78, 5) is 32.3. The molecular weight excluding hydrogens is 212 g/mol. The second-order valence-electron chi connectivity index (χ2n) is 3.02. The van der Waals surface area contributed by atoms with Crippen LogP contribution in [-0.4, -0.2) is 29.4 Å². The third-order valence-corrected chi connectivity index (χ3v) is 1.83. The number of carboxylic acid groups (broad SMARTS) is 1. The molecule has 0 atom stereocenters. The van der Waals surface area contributed by atoms with Crippen molar-refractivity contribution in [2.24, 2.45) is 5.73 Å². The average Bonchev–Trinajstić information content (AvgIpc) is 2.26. The molecule has 0 aromatic heterocycles. The van der Waals surface area contributed by atoms with E-state index in [1.165, 1.54) is 24.3 Å². The lowest BCUT2D eigenvalue weighted by Gasteiger charge is -2.02. The van der Waals surface area contributed by atoms with Crippen LogP contribution in [0.25, 0.3) is 0 Å². The highest BCUT2D eigenvalue weighted by molar-refractivity contribution is 5.98. The van der Waals surface area contributed by atoms with Crippen molar-refractivity contribution in [1.29, 1.82) is 0 Å². The minimum Gasteiger partial charge on any atom is -0.480 e. The molecule has 0 aliphatic rings. The van der Waals surface area contributed by atoms with Crippen LogP contribution in [0.3, 0.4) is 0 Å². The van der Waals surface area contributed by atoms with Crippen LogP contribution in [0.15, 0.2) is 24.3 Å². The fourth-order valence-electron chi connectivity index (χ4n) is 1.04.